The number of hydrogen-bond donors (Lipinski definition) is 2. The highest BCUT2D eigenvalue weighted by atomic mass is 32.2. The van der Waals surface area contributed by atoms with Crippen molar-refractivity contribution in [2.24, 2.45) is 0 Å². The largest absolute Gasteiger partial charge is 0.447 e. The Balaban J connectivity index is 1.98. The normalized spacial score (nSPS) is 13.4. The molecule has 0 radical (unpaired) electrons. The Labute approximate surface area is 124 Å². The summed E-state index contributed by atoms with van der Waals surface area (Å²) in [6.07, 6.45) is 3.44. The fourth-order valence-corrected chi connectivity index (χ4v) is 3.08. The van der Waals surface area contributed by atoms with Crippen LogP contribution in [0.2, 0.25) is 0 Å². The Hall–Kier alpha value is -1.64. The van der Waals surface area contributed by atoms with Crippen LogP contribution in [-0.2, 0) is 23.1 Å². The lowest BCUT2D eigenvalue weighted by Crippen LogP contribution is -2.35. The molecule has 1 unspecified atom stereocenters. The van der Waals surface area contributed by atoms with Gasteiger partial charge in [-0.15, -0.1) is 0 Å². The Morgan fingerprint density at radius 2 is 2.24 bits per heavy atom. The SMILES string of the molecule is CCNCc1ccc(S(=O)(=O)NC(C)Cn2cccn2)o1. The Kier molecular flexibility index (Phi) is 5.16. The van der Waals surface area contributed by atoms with Crippen LogP contribution < -0.4 is 10.0 Å². The quantitative estimate of drug-likeness (QED) is 0.757. The van der Waals surface area contributed by atoms with Crippen molar-refractivity contribution in [2.75, 3.05) is 6.54 Å². The van der Waals surface area contributed by atoms with Crippen LogP contribution >= 0.6 is 0 Å². The van der Waals surface area contributed by atoms with Gasteiger partial charge in [0.1, 0.15) is 5.76 Å². The molecule has 116 valence electrons. The lowest BCUT2D eigenvalue weighted by atomic mass is 10.4. The molecule has 8 heteroatoms. The molecule has 0 aliphatic carbocycles. The van der Waals surface area contributed by atoms with Gasteiger partial charge < -0.3 is 9.73 Å². The van der Waals surface area contributed by atoms with Crippen LogP contribution in [0.15, 0.2) is 40.1 Å². The first-order valence-corrected chi connectivity index (χ1v) is 8.29. The van der Waals surface area contributed by atoms with Crippen molar-refractivity contribution in [3.8, 4) is 0 Å². The molecule has 1 atom stereocenters. The average molecular weight is 312 g/mol. The summed E-state index contributed by atoms with van der Waals surface area (Å²) in [5.41, 5.74) is 0. The Morgan fingerprint density at radius 1 is 1.43 bits per heavy atom. The van der Waals surface area contributed by atoms with E-state index in [1.165, 1.54) is 6.07 Å². The second-order valence-electron chi connectivity index (χ2n) is 4.75. The zero-order valence-electron chi connectivity index (χ0n) is 12.1. The summed E-state index contributed by atoms with van der Waals surface area (Å²) < 4.78 is 34.0. The van der Waals surface area contributed by atoms with Crippen molar-refractivity contribution in [2.45, 2.75) is 38.1 Å². The molecule has 0 saturated carbocycles. The van der Waals surface area contributed by atoms with Gasteiger partial charge in [-0.2, -0.15) is 5.10 Å². The van der Waals surface area contributed by atoms with Gasteiger partial charge in [0.05, 0.1) is 13.1 Å². The van der Waals surface area contributed by atoms with Crippen molar-refractivity contribution < 1.29 is 12.8 Å². The van der Waals surface area contributed by atoms with Gasteiger partial charge in [0.2, 0.25) is 5.09 Å². The molecule has 21 heavy (non-hydrogen) atoms. The number of hydrogen-bond acceptors (Lipinski definition) is 5. The zero-order valence-corrected chi connectivity index (χ0v) is 12.9. The minimum atomic E-state index is -3.65. The summed E-state index contributed by atoms with van der Waals surface area (Å²) in [6, 6.07) is 4.63. The van der Waals surface area contributed by atoms with Gasteiger partial charge in [0, 0.05) is 18.4 Å². The van der Waals surface area contributed by atoms with E-state index in [2.05, 4.69) is 15.1 Å². The van der Waals surface area contributed by atoms with Crippen LogP contribution in [0.3, 0.4) is 0 Å². The standard InChI is InChI=1S/C13H20N4O3S/c1-3-14-9-12-5-6-13(20-12)21(18,19)16-11(2)10-17-8-4-7-15-17/h4-8,11,14,16H,3,9-10H2,1-2H3. The molecule has 0 fully saturated rings. The molecular formula is C13H20N4O3S. The van der Waals surface area contributed by atoms with Gasteiger partial charge in [-0.25, -0.2) is 13.1 Å². The van der Waals surface area contributed by atoms with Gasteiger partial charge in [0.15, 0.2) is 0 Å². The van der Waals surface area contributed by atoms with Crippen LogP contribution in [0.5, 0.6) is 0 Å². The predicted octanol–water partition coefficient (Wildman–Crippen LogP) is 0.953. The van der Waals surface area contributed by atoms with Crippen LogP contribution in [0, 0.1) is 0 Å². The molecule has 0 bridgehead atoms. The van der Waals surface area contributed by atoms with Crippen LogP contribution in [-0.4, -0.2) is 30.8 Å². The first-order valence-electron chi connectivity index (χ1n) is 6.80. The van der Waals surface area contributed by atoms with E-state index in [4.69, 9.17) is 4.42 Å². The molecule has 0 spiro atoms. The molecule has 0 amide bonds. The summed E-state index contributed by atoms with van der Waals surface area (Å²) in [6.45, 7) is 5.51. The van der Waals surface area contributed by atoms with E-state index in [9.17, 15) is 8.42 Å². The van der Waals surface area contributed by atoms with Crippen LogP contribution in [0.1, 0.15) is 19.6 Å². The molecule has 0 aliphatic rings. The van der Waals surface area contributed by atoms with E-state index in [0.717, 1.165) is 6.54 Å². The van der Waals surface area contributed by atoms with Gasteiger partial charge >= 0.3 is 0 Å². The van der Waals surface area contributed by atoms with E-state index in [1.54, 1.807) is 36.1 Å². The molecule has 0 aliphatic heterocycles. The monoisotopic (exact) mass is 312 g/mol. The van der Waals surface area contributed by atoms with Crippen molar-refractivity contribution >= 4 is 10.0 Å². The molecule has 2 rings (SSSR count). The van der Waals surface area contributed by atoms with E-state index in [-0.39, 0.29) is 11.1 Å². The Bertz CT molecular complexity index is 649. The van der Waals surface area contributed by atoms with Crippen LogP contribution in [0.25, 0.3) is 0 Å². The fourth-order valence-electron chi connectivity index (χ4n) is 1.90. The minimum absolute atomic E-state index is 0.0669. The number of aromatic nitrogens is 2. The predicted molar refractivity (Wildman–Crippen MR) is 78.1 cm³/mol. The number of furan rings is 1. The summed E-state index contributed by atoms with van der Waals surface area (Å²) in [5, 5.41) is 7.06. The second kappa shape index (κ2) is 6.88. The summed E-state index contributed by atoms with van der Waals surface area (Å²) >= 11 is 0. The minimum Gasteiger partial charge on any atom is -0.447 e. The number of sulfonamides is 1. The number of nitrogens with one attached hydrogen (secondary N) is 2. The molecule has 2 aromatic heterocycles. The van der Waals surface area contributed by atoms with E-state index >= 15 is 0 Å². The molecule has 2 N–H and O–H groups in total. The highest BCUT2D eigenvalue weighted by molar-refractivity contribution is 7.89. The third kappa shape index (κ3) is 4.42. The topological polar surface area (TPSA) is 89.2 Å². The summed E-state index contributed by atoms with van der Waals surface area (Å²) in [4.78, 5) is 0. The Morgan fingerprint density at radius 3 is 2.90 bits per heavy atom. The first kappa shape index (κ1) is 15.7. The maximum absolute atomic E-state index is 12.2. The van der Waals surface area contributed by atoms with Crippen molar-refractivity contribution in [1.82, 2.24) is 19.8 Å². The second-order valence-corrected chi connectivity index (χ2v) is 6.40. The zero-order chi connectivity index (χ0) is 15.3. The summed E-state index contributed by atoms with van der Waals surface area (Å²) in [7, 11) is -3.65. The molecule has 7 nitrogen and oxygen atoms in total. The highest BCUT2D eigenvalue weighted by Gasteiger charge is 2.21. The maximum atomic E-state index is 12.2. The fraction of sp³-hybridized carbons (Fsp3) is 0.462. The van der Waals surface area contributed by atoms with Gasteiger partial charge in [-0.3, -0.25) is 4.68 Å². The smallest absolute Gasteiger partial charge is 0.274 e. The van der Waals surface area contributed by atoms with E-state index < -0.39 is 10.0 Å². The van der Waals surface area contributed by atoms with Gasteiger partial charge in [-0.1, -0.05) is 6.92 Å². The lowest BCUT2D eigenvalue weighted by Gasteiger charge is -2.12. The van der Waals surface area contributed by atoms with Gasteiger partial charge in [-0.05, 0) is 31.7 Å². The van der Waals surface area contributed by atoms with Crippen molar-refractivity contribution in [3.63, 3.8) is 0 Å². The van der Waals surface area contributed by atoms with Crippen LogP contribution in [0.4, 0.5) is 0 Å². The maximum Gasteiger partial charge on any atom is 0.274 e. The van der Waals surface area contributed by atoms with Crippen molar-refractivity contribution in [3.05, 3.63) is 36.4 Å². The molecule has 2 aromatic rings. The third-order valence-corrected chi connectivity index (χ3v) is 4.29. The molecule has 0 saturated heterocycles. The first-order chi connectivity index (χ1) is 10.0. The molecule has 0 aromatic carbocycles. The van der Waals surface area contributed by atoms with Gasteiger partial charge in [0.25, 0.3) is 10.0 Å². The van der Waals surface area contributed by atoms with E-state index in [0.29, 0.717) is 18.8 Å². The lowest BCUT2D eigenvalue weighted by molar-refractivity contribution is 0.397. The average Bonchev–Trinajstić information content (AvgIpc) is 3.06. The molecule has 2 heterocycles. The number of nitrogens with zero attached hydrogens (tertiary/aromatic N) is 2. The van der Waals surface area contributed by atoms with Crippen molar-refractivity contribution in [1.29, 1.82) is 0 Å². The highest BCUT2D eigenvalue weighted by Crippen LogP contribution is 2.14. The van der Waals surface area contributed by atoms with E-state index in [1.807, 2.05) is 6.92 Å². The third-order valence-electron chi connectivity index (χ3n) is 2.83. The summed E-state index contributed by atoms with van der Waals surface area (Å²) in [5.74, 6) is 0.594. The number of rotatable bonds is 8. The molecular weight excluding hydrogens is 292 g/mol.